The van der Waals surface area contributed by atoms with E-state index >= 15 is 0 Å². The van der Waals surface area contributed by atoms with E-state index in [0.717, 1.165) is 28.6 Å². The SMILES string of the molecule is COC(C)(C)CC1C[C@@H](N)c2ccc(Br)cc2O1. The van der Waals surface area contributed by atoms with E-state index in [2.05, 4.69) is 29.8 Å². The molecule has 18 heavy (non-hydrogen) atoms. The van der Waals surface area contributed by atoms with Crippen molar-refractivity contribution in [2.24, 2.45) is 5.73 Å². The minimum atomic E-state index is -0.187. The van der Waals surface area contributed by atoms with Crippen LogP contribution in [-0.2, 0) is 4.74 Å². The van der Waals surface area contributed by atoms with E-state index in [4.69, 9.17) is 15.2 Å². The van der Waals surface area contributed by atoms with Crippen molar-refractivity contribution < 1.29 is 9.47 Å². The van der Waals surface area contributed by atoms with Gasteiger partial charge >= 0.3 is 0 Å². The lowest BCUT2D eigenvalue weighted by molar-refractivity contribution is -0.0194. The highest BCUT2D eigenvalue weighted by molar-refractivity contribution is 9.10. The van der Waals surface area contributed by atoms with Crippen LogP contribution in [0.15, 0.2) is 22.7 Å². The molecule has 1 unspecified atom stereocenters. The normalized spacial score (nSPS) is 23.4. The summed E-state index contributed by atoms with van der Waals surface area (Å²) in [4.78, 5) is 0. The fraction of sp³-hybridized carbons (Fsp3) is 0.571. The van der Waals surface area contributed by atoms with E-state index in [-0.39, 0.29) is 17.7 Å². The second-order valence-electron chi connectivity index (χ2n) is 5.43. The van der Waals surface area contributed by atoms with Crippen molar-refractivity contribution in [1.29, 1.82) is 0 Å². The van der Waals surface area contributed by atoms with Crippen LogP contribution in [0.1, 0.15) is 38.3 Å². The van der Waals surface area contributed by atoms with Gasteiger partial charge in [0.25, 0.3) is 0 Å². The molecular weight excluding hydrogens is 294 g/mol. The number of hydrogen-bond acceptors (Lipinski definition) is 3. The molecular formula is C14H20BrNO2. The third kappa shape index (κ3) is 3.05. The van der Waals surface area contributed by atoms with Gasteiger partial charge in [-0.25, -0.2) is 0 Å². The zero-order chi connectivity index (χ0) is 13.3. The summed E-state index contributed by atoms with van der Waals surface area (Å²) in [6, 6.07) is 6.06. The average molecular weight is 314 g/mol. The molecule has 0 radical (unpaired) electrons. The van der Waals surface area contributed by atoms with Gasteiger partial charge in [0.1, 0.15) is 11.9 Å². The van der Waals surface area contributed by atoms with Crippen molar-refractivity contribution in [3.05, 3.63) is 28.2 Å². The first-order valence-electron chi connectivity index (χ1n) is 6.18. The number of hydrogen-bond donors (Lipinski definition) is 1. The zero-order valence-electron chi connectivity index (χ0n) is 11.1. The lowest BCUT2D eigenvalue weighted by Gasteiger charge is -2.34. The summed E-state index contributed by atoms with van der Waals surface area (Å²) in [5.74, 6) is 0.889. The molecule has 0 bridgehead atoms. The largest absolute Gasteiger partial charge is 0.490 e. The highest BCUT2D eigenvalue weighted by atomic mass is 79.9. The maximum atomic E-state index is 6.21. The Morgan fingerprint density at radius 1 is 1.50 bits per heavy atom. The quantitative estimate of drug-likeness (QED) is 0.930. The molecule has 4 heteroatoms. The molecule has 0 spiro atoms. The summed E-state index contributed by atoms with van der Waals surface area (Å²) >= 11 is 3.46. The van der Waals surface area contributed by atoms with Gasteiger partial charge in [0, 0.05) is 36.0 Å². The van der Waals surface area contributed by atoms with Gasteiger partial charge in [-0.2, -0.15) is 0 Å². The van der Waals surface area contributed by atoms with Crippen molar-refractivity contribution in [1.82, 2.24) is 0 Å². The minimum Gasteiger partial charge on any atom is -0.490 e. The summed E-state index contributed by atoms with van der Waals surface area (Å²) in [5, 5.41) is 0. The van der Waals surface area contributed by atoms with E-state index < -0.39 is 0 Å². The first-order valence-corrected chi connectivity index (χ1v) is 6.97. The van der Waals surface area contributed by atoms with E-state index in [1.807, 2.05) is 18.2 Å². The predicted octanol–water partition coefficient (Wildman–Crippen LogP) is 3.42. The molecule has 2 rings (SSSR count). The fourth-order valence-corrected chi connectivity index (χ4v) is 2.65. The standard InChI is InChI=1S/C14H20BrNO2/c1-14(2,17-3)8-10-7-12(16)11-5-4-9(15)6-13(11)18-10/h4-6,10,12H,7-8,16H2,1-3H3/t10?,12-/m1/s1. The van der Waals surface area contributed by atoms with E-state index in [1.54, 1.807) is 7.11 Å². The number of fused-ring (bicyclic) bond motifs is 1. The van der Waals surface area contributed by atoms with Crippen LogP contribution in [0.2, 0.25) is 0 Å². The fourth-order valence-electron chi connectivity index (χ4n) is 2.31. The molecule has 0 amide bonds. The van der Waals surface area contributed by atoms with Crippen molar-refractivity contribution >= 4 is 15.9 Å². The molecule has 0 saturated carbocycles. The molecule has 2 N–H and O–H groups in total. The maximum absolute atomic E-state index is 6.21. The Kier molecular flexibility index (Phi) is 3.99. The van der Waals surface area contributed by atoms with Gasteiger partial charge < -0.3 is 15.2 Å². The van der Waals surface area contributed by atoms with Crippen molar-refractivity contribution in [3.8, 4) is 5.75 Å². The van der Waals surface area contributed by atoms with Crippen LogP contribution >= 0.6 is 15.9 Å². The van der Waals surface area contributed by atoms with Crippen molar-refractivity contribution in [2.75, 3.05) is 7.11 Å². The molecule has 3 nitrogen and oxygen atoms in total. The van der Waals surface area contributed by atoms with E-state index in [9.17, 15) is 0 Å². The Morgan fingerprint density at radius 2 is 2.22 bits per heavy atom. The molecule has 2 atom stereocenters. The molecule has 100 valence electrons. The topological polar surface area (TPSA) is 44.5 Å². The number of benzene rings is 1. The predicted molar refractivity (Wildman–Crippen MR) is 75.8 cm³/mol. The van der Waals surface area contributed by atoms with Crippen LogP contribution in [0.4, 0.5) is 0 Å². The van der Waals surface area contributed by atoms with Crippen LogP contribution in [-0.4, -0.2) is 18.8 Å². The number of rotatable bonds is 3. The molecule has 1 aromatic carbocycles. The van der Waals surface area contributed by atoms with E-state index in [1.165, 1.54) is 0 Å². The van der Waals surface area contributed by atoms with Crippen LogP contribution < -0.4 is 10.5 Å². The first kappa shape index (κ1) is 13.8. The lowest BCUT2D eigenvalue weighted by Crippen LogP contribution is -2.36. The highest BCUT2D eigenvalue weighted by Crippen LogP contribution is 2.37. The number of methoxy groups -OCH3 is 1. The minimum absolute atomic E-state index is 0.0412. The smallest absolute Gasteiger partial charge is 0.125 e. The Morgan fingerprint density at radius 3 is 2.89 bits per heavy atom. The van der Waals surface area contributed by atoms with E-state index in [0.29, 0.717) is 0 Å². The van der Waals surface area contributed by atoms with Gasteiger partial charge in [-0.3, -0.25) is 0 Å². The Balaban J connectivity index is 2.17. The molecule has 1 aromatic rings. The van der Waals surface area contributed by atoms with Crippen LogP contribution in [0.25, 0.3) is 0 Å². The van der Waals surface area contributed by atoms with Gasteiger partial charge in [0.15, 0.2) is 0 Å². The second kappa shape index (κ2) is 5.19. The van der Waals surface area contributed by atoms with Gasteiger partial charge in [-0.05, 0) is 26.0 Å². The summed E-state index contributed by atoms with van der Waals surface area (Å²) in [6.07, 6.45) is 1.78. The van der Waals surface area contributed by atoms with Gasteiger partial charge in [-0.1, -0.05) is 22.0 Å². The van der Waals surface area contributed by atoms with Crippen molar-refractivity contribution in [3.63, 3.8) is 0 Å². The first-order chi connectivity index (χ1) is 8.41. The zero-order valence-corrected chi connectivity index (χ0v) is 12.7. The third-order valence-corrected chi connectivity index (χ3v) is 3.95. The molecule has 0 fully saturated rings. The summed E-state index contributed by atoms with van der Waals surface area (Å²) < 4.78 is 12.5. The van der Waals surface area contributed by atoms with Crippen LogP contribution in [0, 0.1) is 0 Å². The molecule has 1 aliphatic rings. The lowest BCUT2D eigenvalue weighted by atomic mass is 9.91. The number of ether oxygens (including phenoxy) is 2. The average Bonchev–Trinajstić information content (AvgIpc) is 2.27. The molecule has 0 saturated heterocycles. The molecule has 1 heterocycles. The summed E-state index contributed by atoms with van der Waals surface area (Å²) in [7, 11) is 1.73. The maximum Gasteiger partial charge on any atom is 0.125 e. The monoisotopic (exact) mass is 313 g/mol. The highest BCUT2D eigenvalue weighted by Gasteiger charge is 2.31. The number of nitrogens with two attached hydrogens (primary N) is 1. The third-order valence-electron chi connectivity index (χ3n) is 3.46. The number of halogens is 1. The Labute approximate surface area is 117 Å². The Hall–Kier alpha value is -0.580. The van der Waals surface area contributed by atoms with Gasteiger partial charge in [0.05, 0.1) is 5.60 Å². The summed E-state index contributed by atoms with van der Waals surface area (Å²) in [6.45, 7) is 4.14. The summed E-state index contributed by atoms with van der Waals surface area (Å²) in [5.41, 5.74) is 7.11. The Bertz CT molecular complexity index is 434. The van der Waals surface area contributed by atoms with Crippen molar-refractivity contribution in [2.45, 2.75) is 44.4 Å². The second-order valence-corrected chi connectivity index (χ2v) is 6.35. The molecule has 0 aliphatic carbocycles. The van der Waals surface area contributed by atoms with Crippen LogP contribution in [0.3, 0.4) is 0 Å². The van der Waals surface area contributed by atoms with Gasteiger partial charge in [-0.15, -0.1) is 0 Å². The molecule has 0 aromatic heterocycles. The molecule has 1 aliphatic heterocycles. The van der Waals surface area contributed by atoms with Gasteiger partial charge in [0.2, 0.25) is 0 Å². The van der Waals surface area contributed by atoms with Crippen LogP contribution in [0.5, 0.6) is 5.75 Å².